The molecule has 144 valence electrons. The molecule has 1 aromatic carbocycles. The van der Waals surface area contributed by atoms with Gasteiger partial charge in [-0.2, -0.15) is 0 Å². The summed E-state index contributed by atoms with van der Waals surface area (Å²) in [6.07, 6.45) is 5.26. The van der Waals surface area contributed by atoms with Crippen LogP contribution in [0.15, 0.2) is 64.1 Å². The zero-order valence-electron chi connectivity index (χ0n) is 15.7. The Morgan fingerprint density at radius 3 is 2.50 bits per heavy atom. The number of amides is 1. The second-order valence-electron chi connectivity index (χ2n) is 6.73. The summed E-state index contributed by atoms with van der Waals surface area (Å²) in [7, 11) is 0. The molecule has 1 fully saturated rings. The van der Waals surface area contributed by atoms with Gasteiger partial charge in [0.05, 0.1) is 6.26 Å². The molecule has 1 N–H and O–H groups in total. The summed E-state index contributed by atoms with van der Waals surface area (Å²) in [5.74, 6) is 1.66. The Kier molecular flexibility index (Phi) is 5.62. The maximum absolute atomic E-state index is 12.6. The molecule has 2 aromatic heterocycles. The number of aromatic nitrogens is 2. The van der Waals surface area contributed by atoms with Gasteiger partial charge in [-0.25, -0.2) is 0 Å². The molecule has 1 amide bonds. The average molecular weight is 395 g/mol. The van der Waals surface area contributed by atoms with Crippen LogP contribution in [0.3, 0.4) is 0 Å². The molecular formula is C21H22N4O2S. The third-order valence-corrected chi connectivity index (χ3v) is 5.71. The monoisotopic (exact) mass is 394 g/mol. The largest absolute Gasteiger partial charge is 0.463 e. The first-order chi connectivity index (χ1) is 13.7. The van der Waals surface area contributed by atoms with Crippen LogP contribution in [-0.2, 0) is 4.79 Å². The van der Waals surface area contributed by atoms with Crippen molar-refractivity contribution < 1.29 is 9.21 Å². The van der Waals surface area contributed by atoms with E-state index in [1.165, 1.54) is 4.90 Å². The Labute approximate surface area is 168 Å². The van der Waals surface area contributed by atoms with Crippen molar-refractivity contribution in [1.29, 1.82) is 0 Å². The van der Waals surface area contributed by atoms with E-state index in [1.807, 2.05) is 54.8 Å². The molecule has 6 nitrogen and oxygen atoms in total. The van der Waals surface area contributed by atoms with Crippen molar-refractivity contribution in [3.8, 4) is 11.5 Å². The van der Waals surface area contributed by atoms with Crippen LogP contribution in [0.2, 0.25) is 0 Å². The molecule has 3 heterocycles. The van der Waals surface area contributed by atoms with Gasteiger partial charge in [0.25, 0.3) is 0 Å². The van der Waals surface area contributed by atoms with E-state index in [-0.39, 0.29) is 11.8 Å². The van der Waals surface area contributed by atoms with Crippen LogP contribution in [0, 0.1) is 5.92 Å². The SMILES string of the molecule is CSc1ccc(NC(=O)C2CCN(c3ccc(-c4ccco4)nn3)CC2)cc1. The molecule has 0 unspecified atom stereocenters. The number of thioether (sulfide) groups is 1. The summed E-state index contributed by atoms with van der Waals surface area (Å²) in [4.78, 5) is 15.9. The van der Waals surface area contributed by atoms with Gasteiger partial charge in [-0.1, -0.05) is 0 Å². The molecule has 3 aromatic rings. The van der Waals surface area contributed by atoms with Gasteiger partial charge in [0, 0.05) is 29.6 Å². The predicted molar refractivity (Wildman–Crippen MR) is 112 cm³/mol. The highest BCUT2D eigenvalue weighted by Crippen LogP contribution is 2.25. The summed E-state index contributed by atoms with van der Waals surface area (Å²) < 4.78 is 5.35. The van der Waals surface area contributed by atoms with E-state index in [1.54, 1.807) is 18.0 Å². The Morgan fingerprint density at radius 1 is 1.11 bits per heavy atom. The van der Waals surface area contributed by atoms with E-state index in [0.29, 0.717) is 5.76 Å². The minimum absolute atomic E-state index is 0.0202. The number of hydrogen-bond donors (Lipinski definition) is 1. The molecular weight excluding hydrogens is 372 g/mol. The Hall–Kier alpha value is -2.80. The maximum Gasteiger partial charge on any atom is 0.227 e. The van der Waals surface area contributed by atoms with Crippen molar-refractivity contribution in [2.24, 2.45) is 5.92 Å². The van der Waals surface area contributed by atoms with E-state index < -0.39 is 0 Å². The molecule has 7 heteroatoms. The fourth-order valence-corrected chi connectivity index (χ4v) is 3.75. The first-order valence-corrected chi connectivity index (χ1v) is 10.5. The number of carbonyl (C=O) groups is 1. The van der Waals surface area contributed by atoms with Gasteiger partial charge in [-0.3, -0.25) is 4.79 Å². The van der Waals surface area contributed by atoms with Crippen LogP contribution in [0.5, 0.6) is 0 Å². The van der Waals surface area contributed by atoms with E-state index in [9.17, 15) is 4.79 Å². The average Bonchev–Trinajstić information content (AvgIpc) is 3.29. The summed E-state index contributed by atoms with van der Waals surface area (Å²) in [6.45, 7) is 1.58. The normalized spacial score (nSPS) is 14.8. The van der Waals surface area contributed by atoms with Crippen molar-refractivity contribution in [3.05, 3.63) is 54.8 Å². The Morgan fingerprint density at radius 2 is 1.89 bits per heavy atom. The van der Waals surface area contributed by atoms with E-state index in [2.05, 4.69) is 20.4 Å². The number of hydrogen-bond acceptors (Lipinski definition) is 6. The lowest BCUT2D eigenvalue weighted by molar-refractivity contribution is -0.120. The molecule has 28 heavy (non-hydrogen) atoms. The summed E-state index contributed by atoms with van der Waals surface area (Å²) in [5, 5.41) is 11.6. The van der Waals surface area contributed by atoms with Gasteiger partial charge in [0.15, 0.2) is 11.6 Å². The highest BCUT2D eigenvalue weighted by Gasteiger charge is 2.26. The first-order valence-electron chi connectivity index (χ1n) is 9.30. The van der Waals surface area contributed by atoms with Gasteiger partial charge < -0.3 is 14.6 Å². The Balaban J connectivity index is 1.31. The molecule has 0 radical (unpaired) electrons. The molecule has 4 rings (SSSR count). The third-order valence-electron chi connectivity index (χ3n) is 4.97. The Bertz CT molecular complexity index is 903. The number of furan rings is 1. The molecule has 0 bridgehead atoms. The van der Waals surface area contributed by atoms with Crippen molar-refractivity contribution in [2.45, 2.75) is 17.7 Å². The quantitative estimate of drug-likeness (QED) is 0.650. The fourth-order valence-electron chi connectivity index (χ4n) is 3.34. The predicted octanol–water partition coefficient (Wildman–Crippen LogP) is 4.31. The standard InChI is InChI=1S/C21H22N4O2S/c1-28-17-6-4-16(5-7-17)22-21(26)15-10-12-25(13-11-15)20-9-8-18(23-24-20)19-3-2-14-27-19/h2-9,14-15H,10-13H2,1H3,(H,22,26). The van der Waals surface area contributed by atoms with Crippen molar-refractivity contribution >= 4 is 29.2 Å². The second kappa shape index (κ2) is 8.48. The van der Waals surface area contributed by atoms with Crippen molar-refractivity contribution in [3.63, 3.8) is 0 Å². The molecule has 1 saturated heterocycles. The van der Waals surface area contributed by atoms with Gasteiger partial charge >= 0.3 is 0 Å². The van der Waals surface area contributed by atoms with Crippen LogP contribution in [0.1, 0.15) is 12.8 Å². The fraction of sp³-hybridized carbons (Fsp3) is 0.286. The van der Waals surface area contributed by atoms with Crippen LogP contribution in [-0.4, -0.2) is 35.4 Å². The van der Waals surface area contributed by atoms with Crippen LogP contribution in [0.25, 0.3) is 11.5 Å². The highest BCUT2D eigenvalue weighted by atomic mass is 32.2. The maximum atomic E-state index is 12.6. The first kappa shape index (κ1) is 18.6. The smallest absolute Gasteiger partial charge is 0.227 e. The third kappa shape index (κ3) is 4.20. The number of nitrogens with zero attached hydrogens (tertiary/aromatic N) is 3. The molecule has 1 aliphatic heterocycles. The summed E-state index contributed by atoms with van der Waals surface area (Å²) >= 11 is 1.69. The topological polar surface area (TPSA) is 71.3 Å². The number of nitrogens with one attached hydrogen (secondary N) is 1. The number of carbonyl (C=O) groups excluding carboxylic acids is 1. The minimum atomic E-state index is 0.0202. The number of anilines is 2. The van der Waals surface area contributed by atoms with E-state index in [0.717, 1.165) is 43.1 Å². The molecule has 0 spiro atoms. The molecule has 0 saturated carbocycles. The van der Waals surface area contributed by atoms with Gasteiger partial charge in [0.2, 0.25) is 5.91 Å². The van der Waals surface area contributed by atoms with Crippen LogP contribution in [0.4, 0.5) is 11.5 Å². The van der Waals surface area contributed by atoms with E-state index >= 15 is 0 Å². The zero-order valence-corrected chi connectivity index (χ0v) is 16.5. The second-order valence-corrected chi connectivity index (χ2v) is 7.61. The lowest BCUT2D eigenvalue weighted by atomic mass is 9.96. The molecule has 1 aliphatic rings. The summed E-state index contributed by atoms with van der Waals surface area (Å²) in [5.41, 5.74) is 1.57. The van der Waals surface area contributed by atoms with Crippen LogP contribution < -0.4 is 10.2 Å². The van der Waals surface area contributed by atoms with Gasteiger partial charge in [0.1, 0.15) is 5.69 Å². The van der Waals surface area contributed by atoms with Gasteiger partial charge in [-0.15, -0.1) is 22.0 Å². The van der Waals surface area contributed by atoms with Crippen molar-refractivity contribution in [1.82, 2.24) is 10.2 Å². The number of rotatable bonds is 5. The van der Waals surface area contributed by atoms with Gasteiger partial charge in [-0.05, 0) is 67.6 Å². The zero-order chi connectivity index (χ0) is 19.3. The van der Waals surface area contributed by atoms with E-state index in [4.69, 9.17) is 4.42 Å². The molecule has 0 atom stereocenters. The lowest BCUT2D eigenvalue weighted by Crippen LogP contribution is -2.38. The minimum Gasteiger partial charge on any atom is -0.463 e. The summed E-state index contributed by atoms with van der Waals surface area (Å²) in [6, 6.07) is 15.5. The molecule has 0 aliphatic carbocycles. The lowest BCUT2D eigenvalue weighted by Gasteiger charge is -2.31. The number of piperidine rings is 1. The van der Waals surface area contributed by atoms with Crippen molar-refractivity contribution in [2.75, 3.05) is 29.6 Å². The highest BCUT2D eigenvalue weighted by molar-refractivity contribution is 7.98. The van der Waals surface area contributed by atoms with Crippen LogP contribution >= 0.6 is 11.8 Å². The number of benzene rings is 1.